The van der Waals surface area contributed by atoms with Crippen molar-refractivity contribution < 1.29 is 14.3 Å². The van der Waals surface area contributed by atoms with Gasteiger partial charge in [0.05, 0.1) is 17.5 Å². The molecule has 1 aromatic carbocycles. The molecule has 4 rings (SSSR count). The number of amides is 1. The lowest BCUT2D eigenvalue weighted by atomic mass is 9.79. The predicted octanol–water partition coefficient (Wildman–Crippen LogP) is 2.04. The van der Waals surface area contributed by atoms with E-state index in [1.54, 1.807) is 0 Å². The van der Waals surface area contributed by atoms with E-state index in [9.17, 15) is 4.79 Å². The van der Waals surface area contributed by atoms with Crippen LogP contribution in [0.15, 0.2) is 30.6 Å². The standard InChI is InChI=1S/C18H21N3O3/c22-16(21-8-3-6-18(11-21)7-9-23-12-18)10-24-17-14-4-1-2-5-15(14)19-13-20-17/h1-2,4-5,13H,3,6-12H2. The van der Waals surface area contributed by atoms with Crippen molar-refractivity contribution in [3.8, 4) is 5.88 Å². The van der Waals surface area contributed by atoms with Crippen LogP contribution in [0.25, 0.3) is 10.9 Å². The van der Waals surface area contributed by atoms with Gasteiger partial charge in [0.1, 0.15) is 6.33 Å². The first kappa shape index (κ1) is 15.3. The number of likely N-dealkylation sites (tertiary alicyclic amines) is 1. The molecule has 2 aromatic rings. The normalized spacial score (nSPS) is 23.8. The quantitative estimate of drug-likeness (QED) is 0.863. The second-order valence-electron chi connectivity index (χ2n) is 6.71. The van der Waals surface area contributed by atoms with E-state index in [2.05, 4.69) is 9.97 Å². The smallest absolute Gasteiger partial charge is 0.260 e. The SMILES string of the molecule is O=C(COc1ncnc2ccccc12)N1CCCC2(CCOC2)C1. The second kappa shape index (κ2) is 6.36. The minimum atomic E-state index is 0.0118. The van der Waals surface area contributed by atoms with Crippen LogP contribution >= 0.6 is 0 Å². The zero-order chi connectivity index (χ0) is 16.4. The molecule has 1 atom stereocenters. The van der Waals surface area contributed by atoms with E-state index in [4.69, 9.17) is 9.47 Å². The van der Waals surface area contributed by atoms with E-state index in [1.807, 2.05) is 29.2 Å². The molecule has 0 saturated carbocycles. The lowest BCUT2D eigenvalue weighted by Crippen LogP contribution is -2.48. The molecule has 24 heavy (non-hydrogen) atoms. The van der Waals surface area contributed by atoms with Gasteiger partial charge in [0, 0.05) is 25.1 Å². The summed E-state index contributed by atoms with van der Waals surface area (Å²) in [5.74, 6) is 0.480. The highest BCUT2D eigenvalue weighted by Crippen LogP contribution is 2.37. The number of hydrogen-bond donors (Lipinski definition) is 0. The molecule has 1 aromatic heterocycles. The minimum absolute atomic E-state index is 0.0118. The molecule has 2 fully saturated rings. The van der Waals surface area contributed by atoms with E-state index in [0.717, 1.165) is 56.5 Å². The van der Waals surface area contributed by atoms with Gasteiger partial charge in [-0.1, -0.05) is 12.1 Å². The Bertz CT molecular complexity index is 738. The van der Waals surface area contributed by atoms with Gasteiger partial charge in [-0.25, -0.2) is 9.97 Å². The lowest BCUT2D eigenvalue weighted by molar-refractivity contribution is -0.137. The Balaban J connectivity index is 1.42. The highest BCUT2D eigenvalue weighted by Gasteiger charge is 2.40. The Kier molecular flexibility index (Phi) is 4.06. The summed E-state index contributed by atoms with van der Waals surface area (Å²) in [5.41, 5.74) is 0.977. The first-order chi connectivity index (χ1) is 11.8. The van der Waals surface area contributed by atoms with Crippen LogP contribution in [0.5, 0.6) is 5.88 Å². The minimum Gasteiger partial charge on any atom is -0.467 e. The number of rotatable bonds is 3. The Morgan fingerprint density at radius 1 is 1.29 bits per heavy atom. The van der Waals surface area contributed by atoms with Gasteiger partial charge in [0.2, 0.25) is 5.88 Å². The molecule has 0 radical (unpaired) electrons. The fourth-order valence-electron chi connectivity index (χ4n) is 3.71. The molecule has 1 unspecified atom stereocenters. The Morgan fingerprint density at radius 3 is 3.08 bits per heavy atom. The summed E-state index contributed by atoms with van der Waals surface area (Å²) in [6.07, 6.45) is 4.70. The summed E-state index contributed by atoms with van der Waals surface area (Å²) < 4.78 is 11.3. The summed E-state index contributed by atoms with van der Waals surface area (Å²) in [5, 5.41) is 0.826. The highest BCUT2D eigenvalue weighted by atomic mass is 16.5. The van der Waals surface area contributed by atoms with Gasteiger partial charge in [-0.05, 0) is 31.4 Å². The molecule has 0 N–H and O–H groups in total. The number of carbonyl (C=O) groups is 1. The number of para-hydroxylation sites is 1. The van der Waals surface area contributed by atoms with Crippen molar-refractivity contribution in [1.82, 2.24) is 14.9 Å². The van der Waals surface area contributed by atoms with Gasteiger partial charge >= 0.3 is 0 Å². The van der Waals surface area contributed by atoms with Crippen molar-refractivity contribution in [3.05, 3.63) is 30.6 Å². The predicted molar refractivity (Wildman–Crippen MR) is 88.7 cm³/mol. The molecule has 3 heterocycles. The number of hydrogen-bond acceptors (Lipinski definition) is 5. The summed E-state index contributed by atoms with van der Waals surface area (Å²) in [6.45, 7) is 3.17. The summed E-state index contributed by atoms with van der Waals surface area (Å²) >= 11 is 0. The van der Waals surface area contributed by atoms with Crippen LogP contribution in [0.1, 0.15) is 19.3 Å². The largest absolute Gasteiger partial charge is 0.467 e. The molecular formula is C18H21N3O3. The third-order valence-corrected chi connectivity index (χ3v) is 5.04. The number of aromatic nitrogens is 2. The van der Waals surface area contributed by atoms with Crippen LogP contribution in [0.2, 0.25) is 0 Å². The Morgan fingerprint density at radius 2 is 2.21 bits per heavy atom. The van der Waals surface area contributed by atoms with Crippen LogP contribution in [-0.2, 0) is 9.53 Å². The fourth-order valence-corrected chi connectivity index (χ4v) is 3.71. The third kappa shape index (κ3) is 2.94. The van der Waals surface area contributed by atoms with Crippen LogP contribution in [0.4, 0.5) is 0 Å². The van der Waals surface area contributed by atoms with E-state index >= 15 is 0 Å². The van der Waals surface area contributed by atoms with Crippen LogP contribution in [-0.4, -0.2) is 53.7 Å². The summed E-state index contributed by atoms with van der Waals surface area (Å²) in [7, 11) is 0. The molecule has 2 aliphatic heterocycles. The first-order valence-electron chi connectivity index (χ1n) is 8.44. The molecular weight excluding hydrogens is 306 g/mol. The zero-order valence-electron chi connectivity index (χ0n) is 13.6. The fraction of sp³-hybridized carbons (Fsp3) is 0.500. The molecule has 0 aliphatic carbocycles. The number of nitrogens with zero attached hydrogens (tertiary/aromatic N) is 3. The van der Waals surface area contributed by atoms with Crippen molar-refractivity contribution in [2.75, 3.05) is 32.9 Å². The highest BCUT2D eigenvalue weighted by molar-refractivity contribution is 5.84. The van der Waals surface area contributed by atoms with Crippen molar-refractivity contribution in [2.45, 2.75) is 19.3 Å². The molecule has 0 bridgehead atoms. The maximum absolute atomic E-state index is 12.6. The first-order valence-corrected chi connectivity index (χ1v) is 8.44. The van der Waals surface area contributed by atoms with Gasteiger partial charge in [-0.3, -0.25) is 4.79 Å². The second-order valence-corrected chi connectivity index (χ2v) is 6.71. The number of fused-ring (bicyclic) bond motifs is 1. The molecule has 1 spiro atoms. The Hall–Kier alpha value is -2.21. The molecule has 6 heteroatoms. The van der Waals surface area contributed by atoms with Crippen molar-refractivity contribution in [1.29, 1.82) is 0 Å². The average Bonchev–Trinajstić information content (AvgIpc) is 3.07. The van der Waals surface area contributed by atoms with Crippen molar-refractivity contribution in [2.24, 2.45) is 5.41 Å². The number of ether oxygens (including phenoxy) is 2. The lowest BCUT2D eigenvalue weighted by Gasteiger charge is -2.39. The van der Waals surface area contributed by atoms with Crippen LogP contribution in [0, 0.1) is 5.41 Å². The molecule has 126 valence electrons. The summed E-state index contributed by atoms with van der Waals surface area (Å²) in [6, 6.07) is 7.64. The van der Waals surface area contributed by atoms with Crippen LogP contribution in [0.3, 0.4) is 0 Å². The topological polar surface area (TPSA) is 64.5 Å². The van der Waals surface area contributed by atoms with Gasteiger partial charge in [-0.15, -0.1) is 0 Å². The third-order valence-electron chi connectivity index (χ3n) is 5.04. The van der Waals surface area contributed by atoms with Gasteiger partial charge in [-0.2, -0.15) is 0 Å². The van der Waals surface area contributed by atoms with Crippen molar-refractivity contribution >= 4 is 16.8 Å². The number of piperidine rings is 1. The average molecular weight is 327 g/mol. The van der Waals surface area contributed by atoms with E-state index in [-0.39, 0.29) is 17.9 Å². The maximum Gasteiger partial charge on any atom is 0.260 e. The Labute approximate surface area is 140 Å². The van der Waals surface area contributed by atoms with Crippen LogP contribution < -0.4 is 4.74 Å². The van der Waals surface area contributed by atoms with Gasteiger partial charge in [0.15, 0.2) is 6.61 Å². The number of carbonyl (C=O) groups excluding carboxylic acids is 1. The number of benzene rings is 1. The van der Waals surface area contributed by atoms with Gasteiger partial charge in [0.25, 0.3) is 5.91 Å². The maximum atomic E-state index is 12.6. The zero-order valence-corrected chi connectivity index (χ0v) is 13.6. The molecule has 1 amide bonds. The van der Waals surface area contributed by atoms with Crippen molar-refractivity contribution in [3.63, 3.8) is 0 Å². The molecule has 2 saturated heterocycles. The van der Waals surface area contributed by atoms with Gasteiger partial charge < -0.3 is 14.4 Å². The van der Waals surface area contributed by atoms with E-state index in [1.165, 1.54) is 6.33 Å². The molecule has 6 nitrogen and oxygen atoms in total. The van der Waals surface area contributed by atoms with E-state index in [0.29, 0.717) is 5.88 Å². The molecule has 2 aliphatic rings. The summed E-state index contributed by atoms with van der Waals surface area (Å²) in [4.78, 5) is 22.9. The monoisotopic (exact) mass is 327 g/mol. The van der Waals surface area contributed by atoms with E-state index < -0.39 is 0 Å².